The van der Waals surface area contributed by atoms with Crippen LogP contribution in [-0.2, 0) is 35.2 Å². The summed E-state index contributed by atoms with van der Waals surface area (Å²) in [6.45, 7) is 5.14. The number of rotatable bonds is 19. The highest BCUT2D eigenvalue weighted by Crippen LogP contribution is 2.13. The minimum absolute atomic E-state index is 0.0282. The molecule has 250 valence electrons. The molecular formula is C29H45N7O9. The molecule has 0 saturated carbocycles. The van der Waals surface area contributed by atoms with Gasteiger partial charge in [0.1, 0.15) is 29.9 Å². The number of aromatic hydroxyl groups is 1. The van der Waals surface area contributed by atoms with E-state index >= 15 is 0 Å². The van der Waals surface area contributed by atoms with Gasteiger partial charge in [0.15, 0.2) is 0 Å². The van der Waals surface area contributed by atoms with Crippen LogP contribution in [0.15, 0.2) is 29.3 Å². The number of aliphatic imine (C=N–C) groups is 1. The van der Waals surface area contributed by atoms with Gasteiger partial charge in [-0.1, -0.05) is 32.4 Å². The summed E-state index contributed by atoms with van der Waals surface area (Å²) < 4.78 is 0. The average Bonchev–Trinajstić information content (AvgIpc) is 2.98. The standard InChI is InChI=1S/C29H45N7O9/c1-5-16(2)25(36-26(41)22(33-18(4)38)13-19-8-10-20(39)11-9-19)28(43)32-14-24(40)34-23(15-37)27(42)35-21(29(44)45)7-6-12-31-17(3)30/h8-11,16,21-23,25,37,39H,5-7,12-15H2,1-4H3,(H2,30,31)(H,32,43)(H,33,38)(H,34,40)(H,35,42)(H,36,41)(H,44,45)/t16-,21-,22-,23-,25-/m0/s1. The Morgan fingerprint density at radius 2 is 1.51 bits per heavy atom. The molecule has 1 aromatic rings. The van der Waals surface area contributed by atoms with Crippen LogP contribution in [-0.4, -0.2) is 101 Å². The quantitative estimate of drug-likeness (QED) is 0.0472. The van der Waals surface area contributed by atoms with Gasteiger partial charge < -0.3 is 47.6 Å². The second-order valence-corrected chi connectivity index (χ2v) is 10.6. The van der Waals surface area contributed by atoms with Crippen molar-refractivity contribution in [2.45, 2.75) is 77.5 Å². The van der Waals surface area contributed by atoms with Crippen LogP contribution >= 0.6 is 0 Å². The van der Waals surface area contributed by atoms with Crippen LogP contribution in [0.1, 0.15) is 52.5 Å². The third-order valence-electron chi connectivity index (χ3n) is 6.75. The number of carboxylic acid groups (broad SMARTS) is 1. The number of carbonyl (C=O) groups excluding carboxylic acids is 5. The number of hydrogen-bond donors (Lipinski definition) is 9. The van der Waals surface area contributed by atoms with Crippen LogP contribution in [0.4, 0.5) is 0 Å². The Hall–Kier alpha value is -4.73. The first-order valence-corrected chi connectivity index (χ1v) is 14.5. The predicted octanol–water partition coefficient (Wildman–Crippen LogP) is -1.71. The van der Waals surface area contributed by atoms with E-state index in [0.717, 1.165) is 0 Å². The lowest BCUT2D eigenvalue weighted by Gasteiger charge is -2.26. The first-order valence-electron chi connectivity index (χ1n) is 14.5. The molecule has 45 heavy (non-hydrogen) atoms. The van der Waals surface area contributed by atoms with Crippen molar-refractivity contribution >= 4 is 41.3 Å². The monoisotopic (exact) mass is 635 g/mol. The molecule has 0 saturated heterocycles. The van der Waals surface area contributed by atoms with Crippen molar-refractivity contribution in [3.05, 3.63) is 29.8 Å². The molecule has 0 aromatic heterocycles. The molecule has 0 fully saturated rings. The molecule has 1 aromatic carbocycles. The van der Waals surface area contributed by atoms with Crippen molar-refractivity contribution in [2.75, 3.05) is 19.7 Å². The van der Waals surface area contributed by atoms with Gasteiger partial charge in [0.25, 0.3) is 0 Å². The molecule has 0 heterocycles. The summed E-state index contributed by atoms with van der Waals surface area (Å²) in [7, 11) is 0. The van der Waals surface area contributed by atoms with E-state index < -0.39 is 72.8 Å². The first-order chi connectivity index (χ1) is 21.2. The molecule has 1 rings (SSSR count). The number of amidine groups is 1. The van der Waals surface area contributed by atoms with Crippen molar-refractivity contribution < 1.29 is 44.1 Å². The van der Waals surface area contributed by atoms with Gasteiger partial charge >= 0.3 is 5.97 Å². The van der Waals surface area contributed by atoms with E-state index in [9.17, 15) is 44.1 Å². The zero-order valence-corrected chi connectivity index (χ0v) is 26.0. The molecule has 0 spiro atoms. The highest BCUT2D eigenvalue weighted by Gasteiger charge is 2.31. The van der Waals surface area contributed by atoms with Gasteiger partial charge in [-0.3, -0.25) is 29.0 Å². The topological polar surface area (TPSA) is 262 Å². The van der Waals surface area contributed by atoms with E-state index in [1.807, 2.05) is 0 Å². The van der Waals surface area contributed by atoms with E-state index in [1.54, 1.807) is 32.9 Å². The van der Waals surface area contributed by atoms with Crippen LogP contribution < -0.4 is 32.3 Å². The van der Waals surface area contributed by atoms with Gasteiger partial charge in [-0.25, -0.2) is 4.79 Å². The highest BCUT2D eigenvalue weighted by molar-refractivity contribution is 5.95. The first kappa shape index (κ1) is 38.3. The summed E-state index contributed by atoms with van der Waals surface area (Å²) >= 11 is 0. The normalized spacial score (nSPS) is 14.6. The summed E-state index contributed by atoms with van der Waals surface area (Å²) in [4.78, 5) is 78.7. The number of nitrogens with zero attached hydrogens (tertiary/aromatic N) is 1. The van der Waals surface area contributed by atoms with Gasteiger partial charge in [-0.05, 0) is 43.4 Å². The zero-order valence-electron chi connectivity index (χ0n) is 26.0. The van der Waals surface area contributed by atoms with Crippen LogP contribution in [0.3, 0.4) is 0 Å². The van der Waals surface area contributed by atoms with Crippen LogP contribution in [0.5, 0.6) is 5.75 Å². The Kier molecular flexibility index (Phi) is 16.6. The molecular weight excluding hydrogens is 590 g/mol. The van der Waals surface area contributed by atoms with E-state index in [2.05, 4.69) is 31.6 Å². The molecule has 0 radical (unpaired) electrons. The SMILES string of the molecule is CC[C@H](C)[C@H](NC(=O)[C@H](Cc1ccc(O)cc1)NC(C)=O)C(=O)NCC(=O)N[C@@H](CO)C(=O)N[C@@H](CCCN=C(C)N)C(=O)O. The number of phenols is 1. The molecule has 16 heteroatoms. The smallest absolute Gasteiger partial charge is 0.326 e. The lowest BCUT2D eigenvalue weighted by molar-refractivity contribution is -0.142. The lowest BCUT2D eigenvalue weighted by atomic mass is 9.97. The number of benzene rings is 1. The number of hydrogen-bond acceptors (Lipinski definition) is 9. The molecule has 5 atom stereocenters. The third kappa shape index (κ3) is 14.5. The lowest BCUT2D eigenvalue weighted by Crippen LogP contribution is -2.58. The van der Waals surface area contributed by atoms with E-state index in [0.29, 0.717) is 24.2 Å². The minimum Gasteiger partial charge on any atom is -0.508 e. The van der Waals surface area contributed by atoms with Gasteiger partial charge in [0.2, 0.25) is 29.5 Å². The Morgan fingerprint density at radius 3 is 2.04 bits per heavy atom. The number of nitrogens with one attached hydrogen (secondary N) is 5. The summed E-state index contributed by atoms with van der Waals surface area (Å²) in [6, 6.07) is 1.14. The molecule has 0 aliphatic carbocycles. The summed E-state index contributed by atoms with van der Waals surface area (Å²) in [6.07, 6.45) is 0.894. The number of aliphatic carboxylic acids is 1. The number of aliphatic hydroxyl groups excluding tert-OH is 1. The Balaban J connectivity index is 2.83. The minimum atomic E-state index is -1.50. The Morgan fingerprint density at radius 1 is 0.889 bits per heavy atom. The van der Waals surface area contributed by atoms with Crippen molar-refractivity contribution in [3.63, 3.8) is 0 Å². The number of carboxylic acids is 1. The molecule has 10 N–H and O–H groups in total. The Labute approximate surface area is 261 Å². The van der Waals surface area contributed by atoms with Gasteiger partial charge in [-0.15, -0.1) is 0 Å². The molecule has 0 bridgehead atoms. The third-order valence-corrected chi connectivity index (χ3v) is 6.75. The van der Waals surface area contributed by atoms with Gasteiger partial charge in [0, 0.05) is 19.9 Å². The highest BCUT2D eigenvalue weighted by atomic mass is 16.4. The largest absolute Gasteiger partial charge is 0.508 e. The van der Waals surface area contributed by atoms with Crippen molar-refractivity contribution in [1.82, 2.24) is 26.6 Å². The van der Waals surface area contributed by atoms with Crippen molar-refractivity contribution in [1.29, 1.82) is 0 Å². The molecule has 16 nitrogen and oxygen atoms in total. The predicted molar refractivity (Wildman–Crippen MR) is 164 cm³/mol. The average molecular weight is 636 g/mol. The summed E-state index contributed by atoms with van der Waals surface area (Å²) in [5.74, 6) is -4.93. The van der Waals surface area contributed by atoms with E-state index in [1.165, 1.54) is 19.1 Å². The van der Waals surface area contributed by atoms with Crippen LogP contribution in [0.2, 0.25) is 0 Å². The maximum Gasteiger partial charge on any atom is 0.326 e. The fourth-order valence-electron chi connectivity index (χ4n) is 4.08. The van der Waals surface area contributed by atoms with Crippen molar-refractivity contribution in [2.24, 2.45) is 16.6 Å². The molecule has 0 aliphatic heterocycles. The number of phenolic OH excluding ortho intramolecular Hbond substituents is 1. The maximum atomic E-state index is 13.2. The Bertz CT molecular complexity index is 1200. The second kappa shape index (κ2) is 19.5. The summed E-state index contributed by atoms with van der Waals surface area (Å²) in [5.41, 5.74) is 6.09. The number of nitrogens with two attached hydrogens (primary N) is 1. The van der Waals surface area contributed by atoms with E-state index in [-0.39, 0.29) is 31.1 Å². The van der Waals surface area contributed by atoms with Crippen LogP contribution in [0.25, 0.3) is 0 Å². The number of amides is 5. The van der Waals surface area contributed by atoms with Crippen LogP contribution in [0, 0.1) is 5.92 Å². The number of carbonyl (C=O) groups is 6. The zero-order chi connectivity index (χ0) is 34.1. The molecule has 0 unspecified atom stereocenters. The fraction of sp³-hybridized carbons (Fsp3) is 0.552. The maximum absolute atomic E-state index is 13.2. The summed E-state index contributed by atoms with van der Waals surface area (Å²) in [5, 5.41) is 40.7. The second-order valence-electron chi connectivity index (χ2n) is 10.6. The van der Waals surface area contributed by atoms with E-state index in [4.69, 9.17) is 5.73 Å². The molecule has 5 amide bonds. The van der Waals surface area contributed by atoms with Crippen molar-refractivity contribution in [3.8, 4) is 5.75 Å². The number of aliphatic hydroxyl groups is 1. The fourth-order valence-corrected chi connectivity index (χ4v) is 4.08. The van der Waals surface area contributed by atoms with Gasteiger partial charge in [-0.2, -0.15) is 0 Å². The van der Waals surface area contributed by atoms with Gasteiger partial charge in [0.05, 0.1) is 19.0 Å². The molecule has 0 aliphatic rings.